The van der Waals surface area contributed by atoms with Crippen LogP contribution in [0.25, 0.3) is 0 Å². The zero-order valence-corrected chi connectivity index (χ0v) is 12.9. The number of hydrogen-bond donors (Lipinski definition) is 2. The number of rotatable bonds is 6. The molecule has 0 spiro atoms. The molecule has 23 heavy (non-hydrogen) atoms. The fourth-order valence-electron chi connectivity index (χ4n) is 2.36. The first-order valence-corrected chi connectivity index (χ1v) is 7.95. The second kappa shape index (κ2) is 7.09. The van der Waals surface area contributed by atoms with Crippen LogP contribution in [0.5, 0.6) is 0 Å². The molecule has 118 valence electrons. The fourth-order valence-corrected chi connectivity index (χ4v) is 2.36. The van der Waals surface area contributed by atoms with E-state index < -0.39 is 0 Å². The summed E-state index contributed by atoms with van der Waals surface area (Å²) < 4.78 is 0. The van der Waals surface area contributed by atoms with Crippen LogP contribution in [0.4, 0.5) is 5.69 Å². The molecule has 0 heterocycles. The third-order valence-corrected chi connectivity index (χ3v) is 3.80. The monoisotopic (exact) mass is 308 g/mol. The molecule has 1 saturated carbocycles. The number of carbonyl (C=O) groups excluding carboxylic acids is 2. The van der Waals surface area contributed by atoms with E-state index in [2.05, 4.69) is 10.6 Å². The van der Waals surface area contributed by atoms with Crippen molar-refractivity contribution in [2.24, 2.45) is 0 Å². The van der Waals surface area contributed by atoms with Gasteiger partial charge in [0, 0.05) is 23.7 Å². The highest BCUT2D eigenvalue weighted by Gasteiger charge is 2.23. The molecule has 0 bridgehead atoms. The number of amides is 2. The number of nitrogens with one attached hydrogen (secondary N) is 2. The van der Waals surface area contributed by atoms with Crippen LogP contribution in [0.15, 0.2) is 54.6 Å². The van der Waals surface area contributed by atoms with Gasteiger partial charge in [0.2, 0.25) is 5.91 Å². The van der Waals surface area contributed by atoms with Crippen LogP contribution in [-0.2, 0) is 11.2 Å². The van der Waals surface area contributed by atoms with Gasteiger partial charge in [-0.25, -0.2) is 0 Å². The van der Waals surface area contributed by atoms with Crippen LogP contribution in [0, 0.1) is 0 Å². The molecule has 1 aliphatic carbocycles. The lowest BCUT2D eigenvalue weighted by atomic mass is 10.1. The summed E-state index contributed by atoms with van der Waals surface area (Å²) in [4.78, 5) is 24.1. The zero-order valence-electron chi connectivity index (χ0n) is 12.9. The topological polar surface area (TPSA) is 58.2 Å². The number of aryl methyl sites for hydroxylation is 1. The summed E-state index contributed by atoms with van der Waals surface area (Å²) in [5.74, 6) is -0.124. The molecular weight excluding hydrogens is 288 g/mol. The minimum absolute atomic E-state index is 0.0476. The summed E-state index contributed by atoms with van der Waals surface area (Å²) in [5.41, 5.74) is 2.38. The maximum atomic E-state index is 12.0. The first-order valence-electron chi connectivity index (χ1n) is 7.95. The van der Waals surface area contributed by atoms with Crippen LogP contribution in [-0.4, -0.2) is 17.9 Å². The summed E-state index contributed by atoms with van der Waals surface area (Å²) in [6.07, 6.45) is 3.24. The Hall–Kier alpha value is -2.62. The molecule has 2 N–H and O–H groups in total. The number of anilines is 1. The SMILES string of the molecule is O=C(CCc1ccccc1)Nc1cccc(C(=O)NC2CC2)c1. The number of hydrogen-bond acceptors (Lipinski definition) is 2. The average Bonchev–Trinajstić information content (AvgIpc) is 3.38. The lowest BCUT2D eigenvalue weighted by Crippen LogP contribution is -2.25. The Morgan fingerprint density at radius 3 is 2.52 bits per heavy atom. The van der Waals surface area contributed by atoms with Gasteiger partial charge in [0.05, 0.1) is 0 Å². The Bertz CT molecular complexity index is 694. The molecule has 0 aromatic heterocycles. The van der Waals surface area contributed by atoms with Gasteiger partial charge in [-0.2, -0.15) is 0 Å². The Balaban J connectivity index is 1.54. The predicted octanol–water partition coefficient (Wildman–Crippen LogP) is 3.15. The van der Waals surface area contributed by atoms with Gasteiger partial charge in [0.15, 0.2) is 0 Å². The highest BCUT2D eigenvalue weighted by molar-refractivity contribution is 5.97. The number of carbonyl (C=O) groups is 2. The number of benzene rings is 2. The van der Waals surface area contributed by atoms with Gasteiger partial charge in [-0.3, -0.25) is 9.59 Å². The molecule has 4 nitrogen and oxygen atoms in total. The normalized spacial score (nSPS) is 13.4. The first-order chi connectivity index (χ1) is 11.2. The van der Waals surface area contributed by atoms with E-state index >= 15 is 0 Å². The summed E-state index contributed by atoms with van der Waals surface area (Å²) in [6, 6.07) is 17.3. The first kappa shape index (κ1) is 15.3. The van der Waals surface area contributed by atoms with Gasteiger partial charge in [0.25, 0.3) is 5.91 Å². The van der Waals surface area contributed by atoms with Crippen molar-refractivity contribution in [3.63, 3.8) is 0 Å². The lowest BCUT2D eigenvalue weighted by Gasteiger charge is -2.08. The zero-order chi connectivity index (χ0) is 16.1. The maximum absolute atomic E-state index is 12.0. The second-order valence-corrected chi connectivity index (χ2v) is 5.86. The summed E-state index contributed by atoms with van der Waals surface area (Å²) in [6.45, 7) is 0. The van der Waals surface area contributed by atoms with E-state index in [0.29, 0.717) is 30.1 Å². The molecule has 1 fully saturated rings. The van der Waals surface area contributed by atoms with Crippen molar-refractivity contribution in [3.05, 3.63) is 65.7 Å². The molecule has 1 aliphatic rings. The molecule has 0 unspecified atom stereocenters. The summed E-state index contributed by atoms with van der Waals surface area (Å²) >= 11 is 0. The summed E-state index contributed by atoms with van der Waals surface area (Å²) in [5, 5.41) is 5.80. The van der Waals surface area contributed by atoms with Crippen LogP contribution < -0.4 is 10.6 Å². The highest BCUT2D eigenvalue weighted by atomic mass is 16.2. The second-order valence-electron chi connectivity index (χ2n) is 5.86. The molecule has 0 saturated heterocycles. The van der Waals surface area contributed by atoms with Gasteiger partial charge in [-0.05, 0) is 43.0 Å². The van der Waals surface area contributed by atoms with E-state index in [1.807, 2.05) is 30.3 Å². The molecule has 2 aromatic carbocycles. The lowest BCUT2D eigenvalue weighted by molar-refractivity contribution is -0.116. The predicted molar refractivity (Wildman–Crippen MR) is 90.3 cm³/mol. The van der Waals surface area contributed by atoms with Gasteiger partial charge in [-0.15, -0.1) is 0 Å². The van der Waals surface area contributed by atoms with E-state index in [9.17, 15) is 9.59 Å². The molecule has 2 amide bonds. The smallest absolute Gasteiger partial charge is 0.251 e. The quantitative estimate of drug-likeness (QED) is 0.861. The van der Waals surface area contributed by atoms with Gasteiger partial charge < -0.3 is 10.6 Å². The largest absolute Gasteiger partial charge is 0.349 e. The molecule has 4 heteroatoms. The van der Waals surface area contributed by atoms with Crippen molar-refractivity contribution in [1.82, 2.24) is 5.32 Å². The third-order valence-electron chi connectivity index (χ3n) is 3.80. The standard InChI is InChI=1S/C19H20N2O2/c22-18(12-9-14-5-2-1-3-6-14)20-17-8-4-7-15(13-17)19(23)21-16-10-11-16/h1-8,13,16H,9-12H2,(H,20,22)(H,21,23). The third kappa shape index (κ3) is 4.68. The molecule has 0 radical (unpaired) electrons. The van der Waals surface area contributed by atoms with Crippen molar-refractivity contribution in [2.75, 3.05) is 5.32 Å². The Morgan fingerprint density at radius 2 is 1.78 bits per heavy atom. The van der Waals surface area contributed by atoms with E-state index in [4.69, 9.17) is 0 Å². The van der Waals surface area contributed by atoms with E-state index in [0.717, 1.165) is 18.4 Å². The Labute approximate surface area is 135 Å². The maximum Gasteiger partial charge on any atom is 0.251 e. The van der Waals surface area contributed by atoms with Crippen LogP contribution in [0.2, 0.25) is 0 Å². The van der Waals surface area contributed by atoms with Crippen molar-refractivity contribution in [2.45, 2.75) is 31.7 Å². The van der Waals surface area contributed by atoms with Crippen LogP contribution in [0.3, 0.4) is 0 Å². The van der Waals surface area contributed by atoms with E-state index in [-0.39, 0.29) is 11.8 Å². The van der Waals surface area contributed by atoms with Gasteiger partial charge in [-0.1, -0.05) is 36.4 Å². The van der Waals surface area contributed by atoms with Crippen molar-refractivity contribution in [1.29, 1.82) is 0 Å². The summed E-state index contributed by atoms with van der Waals surface area (Å²) in [7, 11) is 0. The molecular formula is C19H20N2O2. The van der Waals surface area contributed by atoms with E-state index in [1.54, 1.807) is 24.3 Å². The van der Waals surface area contributed by atoms with Crippen molar-refractivity contribution < 1.29 is 9.59 Å². The fraction of sp³-hybridized carbons (Fsp3) is 0.263. The molecule has 2 aromatic rings. The van der Waals surface area contributed by atoms with Crippen LogP contribution in [0.1, 0.15) is 35.2 Å². The Morgan fingerprint density at radius 1 is 1.00 bits per heavy atom. The molecule has 0 atom stereocenters. The molecule has 3 rings (SSSR count). The van der Waals surface area contributed by atoms with Gasteiger partial charge in [0.1, 0.15) is 0 Å². The van der Waals surface area contributed by atoms with E-state index in [1.165, 1.54) is 0 Å². The van der Waals surface area contributed by atoms with Gasteiger partial charge >= 0.3 is 0 Å². The highest BCUT2D eigenvalue weighted by Crippen LogP contribution is 2.20. The molecule has 0 aliphatic heterocycles. The van der Waals surface area contributed by atoms with Crippen molar-refractivity contribution >= 4 is 17.5 Å². The minimum atomic E-state index is -0.0760. The van der Waals surface area contributed by atoms with Crippen LogP contribution >= 0.6 is 0 Å². The minimum Gasteiger partial charge on any atom is -0.349 e. The van der Waals surface area contributed by atoms with Crippen molar-refractivity contribution in [3.8, 4) is 0 Å². The average molecular weight is 308 g/mol. The Kier molecular flexibility index (Phi) is 4.71.